The van der Waals surface area contributed by atoms with E-state index in [1.165, 1.54) is 0 Å². The third-order valence-corrected chi connectivity index (χ3v) is 3.37. The maximum atomic E-state index is 12.3. The summed E-state index contributed by atoms with van der Waals surface area (Å²) < 4.78 is 0. The van der Waals surface area contributed by atoms with Gasteiger partial charge in [0.15, 0.2) is 0 Å². The molecule has 0 rings (SSSR count). The number of carboxylic acid groups (broad SMARTS) is 1. The Morgan fingerprint density at radius 3 is 1.94 bits per heavy atom. The van der Waals surface area contributed by atoms with Crippen LogP contribution in [0, 0.1) is 0 Å². The lowest BCUT2D eigenvalue weighted by Crippen LogP contribution is -2.51. The SMILES string of the molecule is CCC(C)N(C(=O)[C@@H](N)CCC(=O)O)C(C)CC. The first-order valence-corrected chi connectivity index (χ1v) is 6.64. The standard InChI is InChI=1S/C13H26N2O3/c1-5-9(3)15(10(4)6-2)13(18)11(14)7-8-12(16)17/h9-11H,5-8,14H2,1-4H3,(H,16,17)/t9?,10?,11-/m0/s1. The molecule has 5 heteroatoms. The highest BCUT2D eigenvalue weighted by molar-refractivity contribution is 5.82. The van der Waals surface area contributed by atoms with Crippen LogP contribution in [0.15, 0.2) is 0 Å². The number of nitrogens with zero attached hydrogens (tertiary/aromatic N) is 1. The van der Waals surface area contributed by atoms with Crippen molar-refractivity contribution in [2.75, 3.05) is 0 Å². The molecule has 5 nitrogen and oxygen atoms in total. The van der Waals surface area contributed by atoms with Gasteiger partial charge in [-0.3, -0.25) is 9.59 Å². The second-order valence-electron chi connectivity index (χ2n) is 4.80. The average Bonchev–Trinajstić information content (AvgIpc) is 2.34. The van der Waals surface area contributed by atoms with Gasteiger partial charge < -0.3 is 15.7 Å². The summed E-state index contributed by atoms with van der Waals surface area (Å²) >= 11 is 0. The van der Waals surface area contributed by atoms with Gasteiger partial charge in [0.1, 0.15) is 0 Å². The Labute approximate surface area is 109 Å². The third-order valence-electron chi connectivity index (χ3n) is 3.37. The first kappa shape index (κ1) is 16.9. The molecule has 0 aliphatic heterocycles. The van der Waals surface area contributed by atoms with E-state index in [1.807, 2.05) is 27.7 Å². The number of hydrogen-bond donors (Lipinski definition) is 2. The lowest BCUT2D eigenvalue weighted by Gasteiger charge is -2.35. The number of nitrogens with two attached hydrogens (primary N) is 1. The molecule has 2 unspecified atom stereocenters. The van der Waals surface area contributed by atoms with Crippen LogP contribution in [-0.2, 0) is 9.59 Å². The summed E-state index contributed by atoms with van der Waals surface area (Å²) in [6.07, 6.45) is 1.85. The fourth-order valence-corrected chi connectivity index (χ4v) is 1.86. The molecule has 3 atom stereocenters. The van der Waals surface area contributed by atoms with Crippen LogP contribution >= 0.6 is 0 Å². The highest BCUT2D eigenvalue weighted by Gasteiger charge is 2.27. The monoisotopic (exact) mass is 258 g/mol. The molecule has 18 heavy (non-hydrogen) atoms. The van der Waals surface area contributed by atoms with E-state index in [4.69, 9.17) is 10.8 Å². The van der Waals surface area contributed by atoms with Crippen molar-refractivity contribution in [3.05, 3.63) is 0 Å². The van der Waals surface area contributed by atoms with Gasteiger partial charge in [-0.05, 0) is 33.1 Å². The summed E-state index contributed by atoms with van der Waals surface area (Å²) in [6, 6.07) is -0.462. The zero-order chi connectivity index (χ0) is 14.3. The van der Waals surface area contributed by atoms with Crippen LogP contribution in [0.3, 0.4) is 0 Å². The van der Waals surface area contributed by atoms with Crippen molar-refractivity contribution in [2.24, 2.45) is 5.73 Å². The fourth-order valence-electron chi connectivity index (χ4n) is 1.86. The molecular formula is C13H26N2O3. The van der Waals surface area contributed by atoms with E-state index >= 15 is 0 Å². The molecule has 0 spiro atoms. The van der Waals surface area contributed by atoms with E-state index < -0.39 is 12.0 Å². The molecule has 0 saturated carbocycles. The summed E-state index contributed by atoms with van der Waals surface area (Å²) in [5, 5.41) is 8.61. The molecule has 0 bridgehead atoms. The quantitative estimate of drug-likeness (QED) is 0.692. The minimum absolute atomic E-state index is 0.0677. The van der Waals surface area contributed by atoms with Gasteiger partial charge in [-0.15, -0.1) is 0 Å². The van der Waals surface area contributed by atoms with E-state index in [0.29, 0.717) is 0 Å². The molecule has 1 amide bonds. The summed E-state index contributed by atoms with van der Waals surface area (Å²) in [5.41, 5.74) is 5.80. The molecule has 0 aromatic carbocycles. The second-order valence-corrected chi connectivity index (χ2v) is 4.80. The smallest absolute Gasteiger partial charge is 0.303 e. The molecule has 0 aliphatic carbocycles. The molecule has 0 aliphatic rings. The highest BCUT2D eigenvalue weighted by atomic mass is 16.4. The van der Waals surface area contributed by atoms with Gasteiger partial charge in [-0.1, -0.05) is 13.8 Å². The Hall–Kier alpha value is -1.10. The summed E-state index contributed by atoms with van der Waals surface area (Å²) in [5.74, 6) is -1.06. The van der Waals surface area contributed by atoms with Gasteiger partial charge in [0.25, 0.3) is 0 Å². The highest BCUT2D eigenvalue weighted by Crippen LogP contribution is 2.14. The van der Waals surface area contributed by atoms with Crippen molar-refractivity contribution in [3.63, 3.8) is 0 Å². The Balaban J connectivity index is 4.68. The first-order chi connectivity index (χ1) is 8.34. The number of hydrogen-bond acceptors (Lipinski definition) is 3. The van der Waals surface area contributed by atoms with Gasteiger partial charge in [0, 0.05) is 18.5 Å². The van der Waals surface area contributed by atoms with E-state index in [2.05, 4.69) is 0 Å². The molecule has 0 aromatic rings. The van der Waals surface area contributed by atoms with Gasteiger partial charge in [0.2, 0.25) is 5.91 Å². The van der Waals surface area contributed by atoms with Crippen molar-refractivity contribution < 1.29 is 14.7 Å². The van der Waals surface area contributed by atoms with Crippen molar-refractivity contribution in [1.29, 1.82) is 0 Å². The minimum Gasteiger partial charge on any atom is -0.481 e. The Bertz CT molecular complexity index is 271. The normalized spacial score (nSPS) is 15.8. The lowest BCUT2D eigenvalue weighted by molar-refractivity contribution is -0.139. The maximum absolute atomic E-state index is 12.3. The molecule has 0 heterocycles. The zero-order valence-electron chi connectivity index (χ0n) is 11.8. The van der Waals surface area contributed by atoms with Gasteiger partial charge >= 0.3 is 5.97 Å². The number of rotatable bonds is 8. The molecule has 0 aromatic heterocycles. The van der Waals surface area contributed by atoms with Crippen LogP contribution in [0.4, 0.5) is 0 Å². The predicted molar refractivity (Wildman–Crippen MR) is 71.2 cm³/mol. The molecule has 3 N–H and O–H groups in total. The Morgan fingerprint density at radius 1 is 1.17 bits per heavy atom. The minimum atomic E-state index is -0.920. The Kier molecular flexibility index (Phi) is 7.59. The van der Waals surface area contributed by atoms with E-state index in [-0.39, 0.29) is 30.8 Å². The van der Waals surface area contributed by atoms with Crippen molar-refractivity contribution in [1.82, 2.24) is 4.90 Å². The van der Waals surface area contributed by atoms with Gasteiger partial charge in [-0.25, -0.2) is 0 Å². The van der Waals surface area contributed by atoms with Crippen molar-refractivity contribution >= 4 is 11.9 Å². The summed E-state index contributed by atoms with van der Waals surface area (Å²) in [4.78, 5) is 24.6. The molecule has 106 valence electrons. The average molecular weight is 258 g/mol. The van der Waals surface area contributed by atoms with Gasteiger partial charge in [-0.2, -0.15) is 0 Å². The number of carbonyl (C=O) groups is 2. The van der Waals surface area contributed by atoms with Gasteiger partial charge in [0.05, 0.1) is 6.04 Å². The molecule has 0 radical (unpaired) electrons. The second kappa shape index (κ2) is 8.08. The van der Waals surface area contributed by atoms with Crippen molar-refractivity contribution in [3.8, 4) is 0 Å². The number of amides is 1. The summed E-state index contributed by atoms with van der Waals surface area (Å²) in [6.45, 7) is 8.04. The number of carboxylic acids is 1. The molecule has 0 saturated heterocycles. The van der Waals surface area contributed by atoms with Crippen molar-refractivity contribution in [2.45, 2.75) is 71.5 Å². The van der Waals surface area contributed by atoms with E-state index in [9.17, 15) is 9.59 Å². The lowest BCUT2D eigenvalue weighted by atomic mass is 10.1. The predicted octanol–water partition coefficient (Wildman–Crippen LogP) is 1.60. The molecule has 0 fully saturated rings. The molecular weight excluding hydrogens is 232 g/mol. The fraction of sp³-hybridized carbons (Fsp3) is 0.846. The van der Waals surface area contributed by atoms with Crippen LogP contribution in [0.1, 0.15) is 53.4 Å². The van der Waals surface area contributed by atoms with E-state index in [0.717, 1.165) is 12.8 Å². The largest absolute Gasteiger partial charge is 0.481 e. The number of carbonyl (C=O) groups excluding carboxylic acids is 1. The first-order valence-electron chi connectivity index (χ1n) is 6.64. The topological polar surface area (TPSA) is 83.6 Å². The number of aliphatic carboxylic acids is 1. The van der Waals surface area contributed by atoms with E-state index in [1.54, 1.807) is 4.90 Å². The van der Waals surface area contributed by atoms with Crippen LogP contribution in [-0.4, -0.2) is 40.0 Å². The van der Waals surface area contributed by atoms with Crippen LogP contribution in [0.5, 0.6) is 0 Å². The maximum Gasteiger partial charge on any atom is 0.303 e. The Morgan fingerprint density at radius 2 is 1.61 bits per heavy atom. The van der Waals surface area contributed by atoms with Crippen LogP contribution in [0.2, 0.25) is 0 Å². The summed E-state index contributed by atoms with van der Waals surface area (Å²) in [7, 11) is 0. The van der Waals surface area contributed by atoms with Crippen LogP contribution < -0.4 is 5.73 Å². The van der Waals surface area contributed by atoms with Crippen LogP contribution in [0.25, 0.3) is 0 Å². The zero-order valence-corrected chi connectivity index (χ0v) is 11.8. The third kappa shape index (κ3) is 5.04.